The van der Waals surface area contributed by atoms with Crippen molar-refractivity contribution < 1.29 is 19.1 Å². The van der Waals surface area contributed by atoms with Crippen LogP contribution in [-0.2, 0) is 22.6 Å². The van der Waals surface area contributed by atoms with Crippen molar-refractivity contribution in [1.82, 2.24) is 9.80 Å². The minimum absolute atomic E-state index is 0.0144. The molecule has 3 heterocycles. The summed E-state index contributed by atoms with van der Waals surface area (Å²) in [6.07, 6.45) is 1.60. The van der Waals surface area contributed by atoms with Crippen molar-refractivity contribution in [1.29, 1.82) is 0 Å². The number of amides is 2. The topological polar surface area (TPSA) is 59.1 Å². The van der Waals surface area contributed by atoms with Crippen molar-refractivity contribution in [2.24, 2.45) is 0 Å². The molecule has 30 heavy (non-hydrogen) atoms. The molecule has 7 heteroatoms. The van der Waals surface area contributed by atoms with E-state index in [1.54, 1.807) is 7.05 Å². The number of likely N-dealkylation sites (N-methyl/N-ethyl adjacent to an activating group) is 1. The Morgan fingerprint density at radius 3 is 2.83 bits per heavy atom. The van der Waals surface area contributed by atoms with Crippen LogP contribution in [0, 0.1) is 6.92 Å². The molecule has 2 aromatic carbocycles. The lowest BCUT2D eigenvalue weighted by atomic mass is 10.0. The average Bonchev–Trinajstić information content (AvgIpc) is 3.37. The molecular weight excluding hydrogens is 400 g/mol. The Kier molecular flexibility index (Phi) is 5.90. The van der Waals surface area contributed by atoms with Crippen LogP contribution in [0.1, 0.15) is 16.0 Å². The second kappa shape index (κ2) is 8.75. The standard InChI is InChI=1S/C15H16N2O2S.C8H8O2/c1-16(10-18)9-15(19)17-7-6-14-12(8-17)11-4-2-3-5-13(11)20-14;1-6-2-3-7-8(4-6)10-5-9-7/h2-5,10H,6-9H2,1H3;2-4H,5H2,1H3. The Morgan fingerprint density at radius 1 is 1.20 bits per heavy atom. The maximum atomic E-state index is 12.2. The van der Waals surface area contributed by atoms with E-state index < -0.39 is 0 Å². The molecule has 0 bridgehead atoms. The van der Waals surface area contributed by atoms with Crippen LogP contribution in [0.5, 0.6) is 11.5 Å². The van der Waals surface area contributed by atoms with Gasteiger partial charge in [-0.25, -0.2) is 0 Å². The van der Waals surface area contributed by atoms with Crippen LogP contribution in [0.3, 0.4) is 0 Å². The maximum absolute atomic E-state index is 12.2. The molecule has 0 saturated carbocycles. The van der Waals surface area contributed by atoms with Gasteiger partial charge in [0.1, 0.15) is 0 Å². The van der Waals surface area contributed by atoms with Gasteiger partial charge in [0.05, 0.1) is 6.54 Å². The van der Waals surface area contributed by atoms with Gasteiger partial charge in [-0.1, -0.05) is 24.3 Å². The summed E-state index contributed by atoms with van der Waals surface area (Å²) in [5.74, 6) is 1.73. The summed E-state index contributed by atoms with van der Waals surface area (Å²) in [6.45, 7) is 3.94. The number of carbonyl (C=O) groups is 2. The van der Waals surface area contributed by atoms with Crippen LogP contribution in [0.4, 0.5) is 0 Å². The number of benzene rings is 2. The minimum Gasteiger partial charge on any atom is -0.454 e. The van der Waals surface area contributed by atoms with Crippen molar-refractivity contribution in [2.45, 2.75) is 19.9 Å². The van der Waals surface area contributed by atoms with Crippen molar-refractivity contribution in [2.75, 3.05) is 26.9 Å². The van der Waals surface area contributed by atoms with Gasteiger partial charge in [0, 0.05) is 29.7 Å². The molecule has 2 aliphatic rings. The fourth-order valence-corrected chi connectivity index (χ4v) is 4.80. The van der Waals surface area contributed by atoms with Gasteiger partial charge in [0.2, 0.25) is 19.1 Å². The normalized spacial score (nSPS) is 14.0. The SMILES string of the molecule is CN(C=O)CC(=O)N1CCc2sc3ccccc3c2C1.Cc1ccc2c(c1)OCO2. The zero-order chi connectivity index (χ0) is 21.1. The van der Waals surface area contributed by atoms with E-state index in [1.165, 1.54) is 31.0 Å². The first-order chi connectivity index (χ1) is 14.5. The molecule has 0 unspecified atom stereocenters. The highest BCUT2D eigenvalue weighted by Gasteiger charge is 2.24. The van der Waals surface area contributed by atoms with Crippen LogP contribution >= 0.6 is 11.3 Å². The molecule has 0 spiro atoms. The third-order valence-corrected chi connectivity index (χ3v) is 6.46. The number of nitrogens with zero attached hydrogens (tertiary/aromatic N) is 2. The van der Waals surface area contributed by atoms with Crippen LogP contribution in [-0.4, -0.2) is 49.0 Å². The Labute approximate surface area is 179 Å². The predicted molar refractivity (Wildman–Crippen MR) is 117 cm³/mol. The molecule has 156 valence electrons. The first-order valence-electron chi connectivity index (χ1n) is 9.84. The monoisotopic (exact) mass is 424 g/mol. The van der Waals surface area contributed by atoms with Crippen molar-refractivity contribution in [3.8, 4) is 11.5 Å². The molecule has 0 radical (unpaired) electrons. The van der Waals surface area contributed by atoms with Crippen molar-refractivity contribution >= 4 is 33.7 Å². The number of thiophene rings is 1. The van der Waals surface area contributed by atoms with Gasteiger partial charge in [0.25, 0.3) is 0 Å². The molecule has 2 amide bonds. The van der Waals surface area contributed by atoms with Crippen LogP contribution in [0.25, 0.3) is 10.1 Å². The van der Waals surface area contributed by atoms with E-state index in [0.29, 0.717) is 19.7 Å². The van der Waals surface area contributed by atoms with E-state index in [1.807, 2.05) is 53.5 Å². The Balaban J connectivity index is 0.000000181. The van der Waals surface area contributed by atoms with Crippen LogP contribution < -0.4 is 9.47 Å². The molecule has 0 saturated heterocycles. The molecule has 0 fully saturated rings. The van der Waals surface area contributed by atoms with Crippen LogP contribution in [0.15, 0.2) is 42.5 Å². The van der Waals surface area contributed by atoms with E-state index in [2.05, 4.69) is 12.1 Å². The third kappa shape index (κ3) is 4.26. The van der Waals surface area contributed by atoms with Crippen molar-refractivity contribution in [3.63, 3.8) is 0 Å². The van der Waals surface area contributed by atoms with E-state index in [9.17, 15) is 9.59 Å². The largest absolute Gasteiger partial charge is 0.454 e. The lowest BCUT2D eigenvalue weighted by Crippen LogP contribution is -2.41. The summed E-state index contributed by atoms with van der Waals surface area (Å²) in [5, 5.41) is 1.26. The van der Waals surface area contributed by atoms with Gasteiger partial charge in [-0.2, -0.15) is 0 Å². The summed E-state index contributed by atoms with van der Waals surface area (Å²) < 4.78 is 11.6. The molecule has 2 aliphatic heterocycles. The maximum Gasteiger partial charge on any atom is 0.242 e. The zero-order valence-corrected chi connectivity index (χ0v) is 17.9. The molecular formula is C23H24N2O4S. The predicted octanol–water partition coefficient (Wildman–Crippen LogP) is 3.60. The number of rotatable bonds is 3. The average molecular weight is 425 g/mol. The number of hydrogen-bond donors (Lipinski definition) is 0. The Morgan fingerprint density at radius 2 is 2.00 bits per heavy atom. The fraction of sp³-hybridized carbons (Fsp3) is 0.304. The Bertz CT molecular complexity index is 1080. The second-order valence-corrected chi connectivity index (χ2v) is 8.58. The Hall–Kier alpha value is -3.06. The first-order valence-corrected chi connectivity index (χ1v) is 10.7. The van der Waals surface area contributed by atoms with Gasteiger partial charge in [-0.3, -0.25) is 9.59 Å². The second-order valence-electron chi connectivity index (χ2n) is 7.44. The third-order valence-electron chi connectivity index (χ3n) is 5.19. The first kappa shape index (κ1) is 20.2. The number of ether oxygens (including phenoxy) is 2. The molecule has 6 nitrogen and oxygen atoms in total. The van der Waals surface area contributed by atoms with Gasteiger partial charge in [-0.05, 0) is 48.1 Å². The smallest absolute Gasteiger partial charge is 0.242 e. The van der Waals surface area contributed by atoms with Gasteiger partial charge >= 0.3 is 0 Å². The highest BCUT2D eigenvalue weighted by molar-refractivity contribution is 7.19. The van der Waals surface area contributed by atoms with E-state index in [0.717, 1.165) is 24.5 Å². The molecule has 3 aromatic rings. The summed E-state index contributed by atoms with van der Waals surface area (Å²) >= 11 is 1.83. The van der Waals surface area contributed by atoms with E-state index in [-0.39, 0.29) is 12.5 Å². The number of carbonyl (C=O) groups excluding carboxylic acids is 2. The number of hydrogen-bond acceptors (Lipinski definition) is 5. The fourth-order valence-electron chi connectivity index (χ4n) is 3.60. The quantitative estimate of drug-likeness (QED) is 0.603. The molecule has 1 aromatic heterocycles. The molecule has 0 atom stereocenters. The summed E-state index contributed by atoms with van der Waals surface area (Å²) in [5.41, 5.74) is 2.48. The molecule has 5 rings (SSSR count). The zero-order valence-electron chi connectivity index (χ0n) is 17.1. The molecule has 0 aliphatic carbocycles. The number of aryl methyl sites for hydroxylation is 1. The highest BCUT2D eigenvalue weighted by atomic mass is 32.1. The lowest BCUT2D eigenvalue weighted by Gasteiger charge is -2.28. The minimum atomic E-state index is 0.0144. The summed E-state index contributed by atoms with van der Waals surface area (Å²) in [7, 11) is 1.63. The number of fused-ring (bicyclic) bond motifs is 4. The van der Waals surface area contributed by atoms with E-state index >= 15 is 0 Å². The summed E-state index contributed by atoms with van der Waals surface area (Å²) in [6, 6.07) is 14.2. The highest BCUT2D eigenvalue weighted by Crippen LogP contribution is 2.35. The van der Waals surface area contributed by atoms with Crippen LogP contribution in [0.2, 0.25) is 0 Å². The van der Waals surface area contributed by atoms with E-state index in [4.69, 9.17) is 9.47 Å². The van der Waals surface area contributed by atoms with Gasteiger partial charge < -0.3 is 19.3 Å². The lowest BCUT2D eigenvalue weighted by molar-refractivity contribution is -0.135. The summed E-state index contributed by atoms with van der Waals surface area (Å²) in [4.78, 5) is 27.4. The van der Waals surface area contributed by atoms with Crippen molar-refractivity contribution in [3.05, 3.63) is 58.5 Å². The molecule has 0 N–H and O–H groups in total. The van der Waals surface area contributed by atoms with Gasteiger partial charge in [-0.15, -0.1) is 11.3 Å². The van der Waals surface area contributed by atoms with Gasteiger partial charge in [0.15, 0.2) is 11.5 Å².